The maximum atomic E-state index is 12.5. The number of ether oxygens (including phenoxy) is 2. The molecule has 1 aliphatic rings. The van der Waals surface area contributed by atoms with Gasteiger partial charge in [-0.2, -0.15) is 5.26 Å². The molecule has 31 heavy (non-hydrogen) atoms. The predicted molar refractivity (Wildman–Crippen MR) is 130 cm³/mol. The predicted octanol–water partition coefficient (Wildman–Crippen LogP) is 5.89. The average molecular weight is 551 g/mol. The van der Waals surface area contributed by atoms with Crippen LogP contribution in [0.25, 0.3) is 6.08 Å². The lowest BCUT2D eigenvalue weighted by Gasteiger charge is -2.15. The molecule has 0 saturated heterocycles. The normalized spacial score (nSPS) is 14.2. The molecule has 0 radical (unpaired) electrons. The fraction of sp³-hybridized carbons (Fsp3) is 0.333. The number of nitrogens with one attached hydrogen (secondary N) is 1. The van der Waals surface area contributed by atoms with Crippen molar-refractivity contribution in [2.45, 2.75) is 45.3 Å². The third-order valence-corrected chi connectivity index (χ3v) is 6.20. The van der Waals surface area contributed by atoms with E-state index in [1.807, 2.05) is 43.3 Å². The van der Waals surface area contributed by atoms with E-state index in [2.05, 4.69) is 27.9 Å². The van der Waals surface area contributed by atoms with Gasteiger partial charge in [0, 0.05) is 16.6 Å². The fourth-order valence-corrected chi connectivity index (χ4v) is 4.46. The van der Waals surface area contributed by atoms with Crippen LogP contribution in [0.1, 0.15) is 43.7 Å². The van der Waals surface area contributed by atoms with Crippen molar-refractivity contribution in [1.29, 1.82) is 5.26 Å². The zero-order valence-corrected chi connectivity index (χ0v) is 20.2. The Labute approximate surface area is 201 Å². The minimum absolute atomic E-state index is 0.0786. The number of carbonyl (C=O) groups excluding carboxylic acids is 1. The van der Waals surface area contributed by atoms with Crippen LogP contribution in [-0.4, -0.2) is 18.6 Å². The molecule has 0 unspecified atom stereocenters. The zero-order chi connectivity index (χ0) is 22.2. The maximum Gasteiger partial charge on any atom is 0.262 e. The van der Waals surface area contributed by atoms with Crippen molar-refractivity contribution >= 4 is 46.2 Å². The fourth-order valence-electron chi connectivity index (χ4n) is 3.49. The maximum absolute atomic E-state index is 12.5. The second-order valence-corrected chi connectivity index (χ2v) is 8.84. The molecule has 2 aromatic carbocycles. The molecular weight excluding hydrogens is 527 g/mol. The Hall–Kier alpha value is -2.24. The summed E-state index contributed by atoms with van der Waals surface area (Å²) in [4.78, 5) is 12.5. The van der Waals surface area contributed by atoms with Crippen molar-refractivity contribution in [1.82, 2.24) is 5.32 Å². The zero-order valence-electron chi connectivity index (χ0n) is 17.3. The first kappa shape index (κ1) is 23.4. The van der Waals surface area contributed by atoms with E-state index in [-0.39, 0.29) is 17.5 Å². The molecule has 7 heteroatoms. The Bertz CT molecular complexity index is 1010. The minimum atomic E-state index is -0.332. The van der Waals surface area contributed by atoms with Crippen LogP contribution in [0.15, 0.2) is 42.0 Å². The van der Waals surface area contributed by atoms with Crippen LogP contribution < -0.4 is 14.8 Å². The van der Waals surface area contributed by atoms with Crippen molar-refractivity contribution in [2.75, 3.05) is 6.61 Å². The van der Waals surface area contributed by atoms with Crippen LogP contribution >= 0.6 is 34.2 Å². The second kappa shape index (κ2) is 11.4. The van der Waals surface area contributed by atoms with Gasteiger partial charge in [0.05, 0.1) is 10.2 Å². The molecule has 0 spiro atoms. The van der Waals surface area contributed by atoms with E-state index >= 15 is 0 Å². The highest BCUT2D eigenvalue weighted by Gasteiger charge is 2.20. The van der Waals surface area contributed by atoms with Crippen molar-refractivity contribution in [3.63, 3.8) is 0 Å². The van der Waals surface area contributed by atoms with Gasteiger partial charge in [0.2, 0.25) is 0 Å². The number of rotatable bonds is 8. The lowest BCUT2D eigenvalue weighted by molar-refractivity contribution is -0.117. The first-order valence-electron chi connectivity index (χ1n) is 10.3. The van der Waals surface area contributed by atoms with Gasteiger partial charge < -0.3 is 14.8 Å². The van der Waals surface area contributed by atoms with E-state index < -0.39 is 0 Å². The lowest BCUT2D eigenvalue weighted by Crippen LogP contribution is -2.33. The quantitative estimate of drug-likeness (QED) is 0.253. The van der Waals surface area contributed by atoms with Gasteiger partial charge in [-0.1, -0.05) is 42.6 Å². The van der Waals surface area contributed by atoms with Gasteiger partial charge in [-0.25, -0.2) is 0 Å². The summed E-state index contributed by atoms with van der Waals surface area (Å²) in [5.74, 6) is 0.830. The van der Waals surface area contributed by atoms with Gasteiger partial charge in [-0.3, -0.25) is 4.79 Å². The molecular formula is C24H24ClIN2O3. The van der Waals surface area contributed by atoms with Gasteiger partial charge in [0.25, 0.3) is 5.91 Å². The summed E-state index contributed by atoms with van der Waals surface area (Å²) >= 11 is 8.40. The Balaban J connectivity index is 1.82. The summed E-state index contributed by atoms with van der Waals surface area (Å²) in [5.41, 5.74) is 1.66. The van der Waals surface area contributed by atoms with E-state index in [1.165, 1.54) is 0 Å². The lowest BCUT2D eigenvalue weighted by atomic mass is 10.1. The third kappa shape index (κ3) is 6.37. The first-order valence-corrected chi connectivity index (χ1v) is 11.7. The van der Waals surface area contributed by atoms with Crippen LogP contribution in [0, 0.1) is 14.9 Å². The van der Waals surface area contributed by atoms with Crippen LogP contribution in [0.2, 0.25) is 5.02 Å². The van der Waals surface area contributed by atoms with Gasteiger partial charge >= 0.3 is 0 Å². The summed E-state index contributed by atoms with van der Waals surface area (Å²) < 4.78 is 12.6. The number of nitrogens with zero attached hydrogens (tertiary/aromatic N) is 1. The van der Waals surface area contributed by atoms with E-state index in [0.29, 0.717) is 35.3 Å². The molecule has 3 rings (SSSR count). The number of carbonyl (C=O) groups is 1. The highest BCUT2D eigenvalue weighted by atomic mass is 127. The van der Waals surface area contributed by atoms with Gasteiger partial charge in [-0.05, 0) is 72.2 Å². The molecule has 0 bridgehead atoms. The summed E-state index contributed by atoms with van der Waals surface area (Å²) in [6, 6.07) is 13.3. The second-order valence-electron chi connectivity index (χ2n) is 7.27. The number of halogens is 2. The van der Waals surface area contributed by atoms with E-state index in [4.69, 9.17) is 21.1 Å². The Morgan fingerprint density at radius 3 is 2.71 bits per heavy atom. The van der Waals surface area contributed by atoms with Gasteiger partial charge in [0.15, 0.2) is 11.5 Å². The number of benzene rings is 2. The van der Waals surface area contributed by atoms with Crippen LogP contribution in [0.5, 0.6) is 11.5 Å². The largest absolute Gasteiger partial charge is 0.490 e. The van der Waals surface area contributed by atoms with E-state index in [9.17, 15) is 10.1 Å². The molecule has 162 valence electrons. The topological polar surface area (TPSA) is 71.3 Å². The Morgan fingerprint density at radius 1 is 1.29 bits per heavy atom. The molecule has 1 amide bonds. The smallest absolute Gasteiger partial charge is 0.262 e. The highest BCUT2D eigenvalue weighted by molar-refractivity contribution is 14.1. The van der Waals surface area contributed by atoms with Crippen LogP contribution in [0.3, 0.4) is 0 Å². The third-order valence-electron chi connectivity index (χ3n) is 5.03. The SMILES string of the molecule is CCOc1cc(/C=C(/C#N)C(=O)NC2CCCC2)cc(I)c1OCc1ccccc1Cl. The molecule has 2 aromatic rings. The van der Waals surface area contributed by atoms with Crippen molar-refractivity contribution in [3.8, 4) is 17.6 Å². The van der Waals surface area contributed by atoms with Gasteiger partial charge in [-0.15, -0.1) is 0 Å². The Morgan fingerprint density at radius 2 is 2.03 bits per heavy atom. The first-order chi connectivity index (χ1) is 15.0. The minimum Gasteiger partial charge on any atom is -0.490 e. The van der Waals surface area contributed by atoms with Gasteiger partial charge in [0.1, 0.15) is 18.2 Å². The van der Waals surface area contributed by atoms with E-state index in [0.717, 1.165) is 34.8 Å². The number of hydrogen-bond acceptors (Lipinski definition) is 4. The molecule has 1 N–H and O–H groups in total. The monoisotopic (exact) mass is 550 g/mol. The number of hydrogen-bond donors (Lipinski definition) is 1. The molecule has 1 saturated carbocycles. The summed E-state index contributed by atoms with van der Waals surface area (Å²) in [6.07, 6.45) is 5.75. The summed E-state index contributed by atoms with van der Waals surface area (Å²) in [7, 11) is 0. The van der Waals surface area contributed by atoms with Crippen molar-refractivity contribution in [2.24, 2.45) is 0 Å². The summed E-state index contributed by atoms with van der Waals surface area (Å²) in [5, 5.41) is 13.1. The Kier molecular flexibility index (Phi) is 8.61. The molecule has 1 fully saturated rings. The summed E-state index contributed by atoms with van der Waals surface area (Å²) in [6.45, 7) is 2.65. The molecule has 0 aliphatic heterocycles. The van der Waals surface area contributed by atoms with Crippen LogP contribution in [-0.2, 0) is 11.4 Å². The standard InChI is InChI=1S/C24H24ClIN2O3/c1-2-30-22-13-16(11-18(14-27)24(29)28-19-8-4-5-9-19)12-21(26)23(22)31-15-17-7-3-6-10-20(17)25/h3,6-7,10-13,19H,2,4-5,8-9,15H2,1H3,(H,28,29)/b18-11-. The molecule has 0 atom stereocenters. The number of amides is 1. The molecule has 0 aromatic heterocycles. The van der Waals surface area contributed by atoms with E-state index in [1.54, 1.807) is 12.1 Å². The molecule has 0 heterocycles. The van der Waals surface area contributed by atoms with Crippen molar-refractivity contribution in [3.05, 3.63) is 61.7 Å². The van der Waals surface area contributed by atoms with Crippen molar-refractivity contribution < 1.29 is 14.3 Å². The average Bonchev–Trinajstić information content (AvgIpc) is 3.25. The molecule has 1 aliphatic carbocycles. The van der Waals surface area contributed by atoms with Crippen LogP contribution in [0.4, 0.5) is 0 Å². The molecule has 5 nitrogen and oxygen atoms in total. The number of nitriles is 1. The highest BCUT2D eigenvalue weighted by Crippen LogP contribution is 2.36.